The molecule has 0 aliphatic carbocycles. The Kier molecular flexibility index (Phi) is 6.95. The van der Waals surface area contributed by atoms with Gasteiger partial charge in [0, 0.05) is 17.1 Å². The van der Waals surface area contributed by atoms with Crippen molar-refractivity contribution >= 4 is 39.9 Å². The Morgan fingerprint density at radius 3 is 2.95 bits per heavy atom. The van der Waals surface area contributed by atoms with Crippen LogP contribution < -0.4 is 11.1 Å². The molecule has 1 aromatic rings. The average Bonchev–Trinajstić information content (AvgIpc) is 2.33. The lowest BCUT2D eigenvalue weighted by Crippen LogP contribution is -2.45. The van der Waals surface area contributed by atoms with Crippen molar-refractivity contribution in [1.82, 2.24) is 4.90 Å². The summed E-state index contributed by atoms with van der Waals surface area (Å²) in [7, 11) is 0. The summed E-state index contributed by atoms with van der Waals surface area (Å²) in [5, 5.41) is 2.93. The molecular weight excluding hydrogens is 342 g/mol. The molecule has 1 amide bonds. The van der Waals surface area contributed by atoms with Crippen molar-refractivity contribution in [3.63, 3.8) is 0 Å². The van der Waals surface area contributed by atoms with Crippen LogP contribution in [-0.4, -0.2) is 36.5 Å². The van der Waals surface area contributed by atoms with Crippen LogP contribution in [0.4, 0.5) is 5.69 Å². The summed E-state index contributed by atoms with van der Waals surface area (Å²) in [5.41, 5.74) is 7.89. The lowest BCUT2D eigenvalue weighted by atomic mass is 10.1. The third kappa shape index (κ3) is 5.05. The summed E-state index contributed by atoms with van der Waals surface area (Å²) < 4.78 is 0.913. The SMILES string of the molecule is Cc1ccc(NC(=O)CN2CCC[C@@H](N)C2)c(Br)c1.Cl. The van der Waals surface area contributed by atoms with Gasteiger partial charge in [-0.25, -0.2) is 0 Å². The number of carbonyl (C=O) groups excluding carboxylic acids is 1. The van der Waals surface area contributed by atoms with Gasteiger partial charge in [-0.3, -0.25) is 9.69 Å². The number of amides is 1. The number of rotatable bonds is 3. The summed E-state index contributed by atoms with van der Waals surface area (Å²) in [6, 6.07) is 6.09. The lowest BCUT2D eigenvalue weighted by Gasteiger charge is -2.30. The summed E-state index contributed by atoms with van der Waals surface area (Å²) in [5.74, 6) is 0.0126. The molecule has 1 atom stereocenters. The van der Waals surface area contributed by atoms with Crippen molar-refractivity contribution in [2.45, 2.75) is 25.8 Å². The van der Waals surface area contributed by atoms with Crippen molar-refractivity contribution in [3.8, 4) is 0 Å². The van der Waals surface area contributed by atoms with E-state index in [0.717, 1.165) is 41.7 Å². The van der Waals surface area contributed by atoms with E-state index in [-0.39, 0.29) is 24.4 Å². The maximum Gasteiger partial charge on any atom is 0.238 e. The van der Waals surface area contributed by atoms with E-state index >= 15 is 0 Å². The third-order valence-corrected chi connectivity index (χ3v) is 3.96. The average molecular weight is 363 g/mol. The minimum Gasteiger partial charge on any atom is -0.327 e. The van der Waals surface area contributed by atoms with Crippen LogP contribution in [0.25, 0.3) is 0 Å². The molecule has 0 radical (unpaired) electrons. The van der Waals surface area contributed by atoms with Crippen LogP contribution in [0, 0.1) is 6.92 Å². The maximum atomic E-state index is 12.0. The maximum absolute atomic E-state index is 12.0. The van der Waals surface area contributed by atoms with Crippen LogP contribution >= 0.6 is 28.3 Å². The van der Waals surface area contributed by atoms with Crippen LogP contribution in [0.3, 0.4) is 0 Å². The molecule has 0 aromatic heterocycles. The molecule has 6 heteroatoms. The zero-order valence-corrected chi connectivity index (χ0v) is 14.0. The van der Waals surface area contributed by atoms with Gasteiger partial charge in [0.25, 0.3) is 0 Å². The van der Waals surface area contributed by atoms with Gasteiger partial charge < -0.3 is 11.1 Å². The number of aryl methyl sites for hydroxylation is 1. The Hall–Kier alpha value is -0.620. The summed E-state index contributed by atoms with van der Waals surface area (Å²) in [6.07, 6.45) is 2.13. The molecule has 3 N–H and O–H groups in total. The first kappa shape index (κ1) is 17.4. The van der Waals surface area contributed by atoms with Crippen LogP contribution in [0.5, 0.6) is 0 Å². The molecule has 1 aliphatic heterocycles. The number of halogens is 2. The highest BCUT2D eigenvalue weighted by Gasteiger charge is 2.19. The minimum absolute atomic E-state index is 0. The van der Waals surface area contributed by atoms with Crippen LogP contribution in [0.15, 0.2) is 22.7 Å². The Labute approximate surface area is 134 Å². The normalized spacial score (nSPS) is 19.2. The first-order valence-corrected chi connectivity index (χ1v) is 7.38. The van der Waals surface area contributed by atoms with Crippen molar-refractivity contribution in [1.29, 1.82) is 0 Å². The van der Waals surface area contributed by atoms with Gasteiger partial charge >= 0.3 is 0 Å². The van der Waals surface area contributed by atoms with Gasteiger partial charge in [-0.05, 0) is 59.9 Å². The number of nitrogens with two attached hydrogens (primary N) is 1. The van der Waals surface area contributed by atoms with E-state index in [9.17, 15) is 4.79 Å². The number of anilines is 1. The first-order valence-electron chi connectivity index (χ1n) is 6.58. The molecule has 1 heterocycles. The van der Waals surface area contributed by atoms with E-state index in [4.69, 9.17) is 5.73 Å². The lowest BCUT2D eigenvalue weighted by molar-refractivity contribution is -0.117. The topological polar surface area (TPSA) is 58.4 Å². The predicted molar refractivity (Wildman–Crippen MR) is 88.4 cm³/mol. The smallest absolute Gasteiger partial charge is 0.238 e. The second-order valence-corrected chi connectivity index (χ2v) is 6.02. The highest BCUT2D eigenvalue weighted by Crippen LogP contribution is 2.23. The molecule has 0 bridgehead atoms. The molecule has 0 saturated carbocycles. The van der Waals surface area contributed by atoms with E-state index in [1.54, 1.807) is 0 Å². The van der Waals surface area contributed by atoms with Gasteiger partial charge in [0.15, 0.2) is 0 Å². The van der Waals surface area contributed by atoms with Gasteiger partial charge in [0.2, 0.25) is 5.91 Å². The number of piperidine rings is 1. The Bertz CT molecular complexity index is 470. The van der Waals surface area contributed by atoms with Gasteiger partial charge in [-0.15, -0.1) is 12.4 Å². The van der Waals surface area contributed by atoms with E-state index in [1.165, 1.54) is 0 Å². The molecule has 20 heavy (non-hydrogen) atoms. The molecule has 0 unspecified atom stereocenters. The van der Waals surface area contributed by atoms with E-state index in [2.05, 4.69) is 26.1 Å². The van der Waals surface area contributed by atoms with Crippen molar-refractivity contribution in [2.75, 3.05) is 25.0 Å². The van der Waals surface area contributed by atoms with Crippen molar-refractivity contribution in [3.05, 3.63) is 28.2 Å². The fraction of sp³-hybridized carbons (Fsp3) is 0.500. The fourth-order valence-electron chi connectivity index (χ4n) is 2.35. The van der Waals surface area contributed by atoms with Crippen molar-refractivity contribution < 1.29 is 4.79 Å². The number of nitrogens with zero attached hydrogens (tertiary/aromatic N) is 1. The molecule has 2 rings (SSSR count). The summed E-state index contributed by atoms with van der Waals surface area (Å²) >= 11 is 3.46. The number of nitrogens with one attached hydrogen (secondary N) is 1. The predicted octanol–water partition coefficient (Wildman–Crippen LogP) is 2.54. The van der Waals surface area contributed by atoms with Gasteiger partial charge in [0.1, 0.15) is 0 Å². The summed E-state index contributed by atoms with van der Waals surface area (Å²) in [4.78, 5) is 14.1. The summed E-state index contributed by atoms with van der Waals surface area (Å²) in [6.45, 7) is 4.19. The van der Waals surface area contributed by atoms with Gasteiger partial charge in [0.05, 0.1) is 12.2 Å². The molecule has 0 spiro atoms. The van der Waals surface area contributed by atoms with E-state index in [1.807, 2.05) is 25.1 Å². The zero-order chi connectivity index (χ0) is 13.8. The first-order chi connectivity index (χ1) is 9.04. The highest BCUT2D eigenvalue weighted by atomic mass is 79.9. The van der Waals surface area contributed by atoms with E-state index < -0.39 is 0 Å². The second-order valence-electron chi connectivity index (χ2n) is 5.17. The number of hydrogen-bond acceptors (Lipinski definition) is 3. The minimum atomic E-state index is 0. The number of hydrogen-bond donors (Lipinski definition) is 2. The Balaban J connectivity index is 0.00000200. The van der Waals surface area contributed by atoms with Crippen LogP contribution in [0.1, 0.15) is 18.4 Å². The van der Waals surface area contributed by atoms with Gasteiger partial charge in [-0.1, -0.05) is 6.07 Å². The standard InChI is InChI=1S/C14H20BrN3O.ClH/c1-10-4-5-13(12(15)7-10)17-14(19)9-18-6-2-3-11(16)8-18;/h4-5,7,11H,2-3,6,8-9,16H2,1H3,(H,17,19);1H/t11-;/m1./s1. The van der Waals surface area contributed by atoms with Crippen LogP contribution in [-0.2, 0) is 4.79 Å². The van der Waals surface area contributed by atoms with E-state index in [0.29, 0.717) is 6.54 Å². The third-order valence-electron chi connectivity index (χ3n) is 3.31. The zero-order valence-electron chi connectivity index (χ0n) is 11.6. The van der Waals surface area contributed by atoms with Crippen molar-refractivity contribution in [2.24, 2.45) is 5.73 Å². The molecule has 1 fully saturated rings. The molecule has 1 aliphatic rings. The number of benzene rings is 1. The number of likely N-dealkylation sites (tertiary alicyclic amines) is 1. The molecule has 4 nitrogen and oxygen atoms in total. The molecule has 1 saturated heterocycles. The fourth-order valence-corrected chi connectivity index (χ4v) is 2.94. The molecular formula is C14H21BrClN3O. The largest absolute Gasteiger partial charge is 0.327 e. The Morgan fingerprint density at radius 2 is 2.30 bits per heavy atom. The second kappa shape index (κ2) is 7.98. The highest BCUT2D eigenvalue weighted by molar-refractivity contribution is 9.10. The number of carbonyl (C=O) groups is 1. The van der Waals surface area contributed by atoms with Crippen LogP contribution in [0.2, 0.25) is 0 Å². The monoisotopic (exact) mass is 361 g/mol. The Morgan fingerprint density at radius 1 is 1.55 bits per heavy atom. The molecule has 112 valence electrons. The quantitative estimate of drug-likeness (QED) is 0.869. The molecule has 1 aromatic carbocycles. The van der Waals surface area contributed by atoms with Gasteiger partial charge in [-0.2, -0.15) is 0 Å².